The minimum atomic E-state index is -0.277. The molecule has 2 atom stereocenters. The summed E-state index contributed by atoms with van der Waals surface area (Å²) < 4.78 is 6.11. The van der Waals surface area contributed by atoms with E-state index in [0.717, 1.165) is 44.1 Å². The molecule has 0 fully saturated rings. The lowest BCUT2D eigenvalue weighted by molar-refractivity contribution is -0.120. The molecule has 0 radical (unpaired) electrons. The number of hydrogen-bond acceptors (Lipinski definition) is 3. The first-order valence-electron chi connectivity index (χ1n) is 11.7. The third kappa shape index (κ3) is 11.2. The highest BCUT2D eigenvalue weighted by atomic mass is 16.5. The number of carbonyl (C=O) groups excluding carboxylic acids is 2. The Morgan fingerprint density at radius 2 is 1.69 bits per heavy atom. The third-order valence-corrected chi connectivity index (χ3v) is 5.46. The summed E-state index contributed by atoms with van der Waals surface area (Å²) in [5, 5.41) is 0. The fourth-order valence-electron chi connectivity index (χ4n) is 3.70. The lowest BCUT2D eigenvalue weighted by Gasteiger charge is -2.21. The number of allylic oxidation sites excluding steroid dienone is 1. The molecule has 1 aliphatic carbocycles. The molecular weight excluding hydrogens is 362 g/mol. The number of rotatable bonds is 16. The molecule has 4 nitrogen and oxygen atoms in total. The van der Waals surface area contributed by atoms with Crippen molar-refractivity contribution >= 4 is 11.7 Å². The quantitative estimate of drug-likeness (QED) is 0.274. The van der Waals surface area contributed by atoms with Crippen LogP contribution >= 0.6 is 0 Å². The van der Waals surface area contributed by atoms with Crippen LogP contribution in [0.25, 0.3) is 0 Å². The molecule has 0 aliphatic heterocycles. The van der Waals surface area contributed by atoms with Crippen LogP contribution in [0.1, 0.15) is 104 Å². The van der Waals surface area contributed by atoms with E-state index in [2.05, 4.69) is 25.7 Å². The highest BCUT2D eigenvalue weighted by Crippen LogP contribution is 2.30. The van der Waals surface area contributed by atoms with E-state index in [1.54, 1.807) is 6.08 Å². The lowest BCUT2D eigenvalue weighted by Crippen LogP contribution is -2.26. The topological polar surface area (TPSA) is 69.4 Å². The molecular formula is C25H41NO3. The van der Waals surface area contributed by atoms with Crippen LogP contribution in [0.2, 0.25) is 0 Å². The van der Waals surface area contributed by atoms with Gasteiger partial charge in [0.25, 0.3) is 0 Å². The van der Waals surface area contributed by atoms with Gasteiger partial charge in [0.15, 0.2) is 5.78 Å². The first kappa shape index (κ1) is 25.4. The van der Waals surface area contributed by atoms with Gasteiger partial charge in [-0.1, -0.05) is 77.1 Å². The molecule has 0 aromatic rings. The van der Waals surface area contributed by atoms with Gasteiger partial charge in [0.05, 0.1) is 5.92 Å². The number of amides is 1. The van der Waals surface area contributed by atoms with Gasteiger partial charge in [0.1, 0.15) is 6.10 Å². The van der Waals surface area contributed by atoms with E-state index in [-0.39, 0.29) is 23.7 Å². The van der Waals surface area contributed by atoms with E-state index < -0.39 is 0 Å². The number of ether oxygens (including phenoxy) is 1. The van der Waals surface area contributed by atoms with Gasteiger partial charge >= 0.3 is 0 Å². The minimum absolute atomic E-state index is 0.0999. The molecule has 0 spiro atoms. The zero-order chi connectivity index (χ0) is 21.3. The summed E-state index contributed by atoms with van der Waals surface area (Å²) in [6.07, 6.45) is 15.8. The van der Waals surface area contributed by atoms with Gasteiger partial charge in [-0.25, -0.2) is 0 Å². The first-order chi connectivity index (χ1) is 14.1. The second kappa shape index (κ2) is 16.2. The molecule has 1 aliphatic rings. The standard InChI is InChI=1S/C25H41NO3/c1-3-5-7-9-11-12-16-21-20-23(27)22(17-13-10-8-6-4-2)25(21)29-19-15-14-18-24(26)28/h20,22,25H,3-11,13-15,17-19H2,1-2H3,(H2,26,28)/t22-,25-/m0/s1. The van der Waals surface area contributed by atoms with Crippen LogP contribution in [0.15, 0.2) is 11.6 Å². The maximum absolute atomic E-state index is 12.6. The molecule has 29 heavy (non-hydrogen) atoms. The van der Waals surface area contributed by atoms with E-state index in [1.165, 1.54) is 44.9 Å². The van der Waals surface area contributed by atoms with Gasteiger partial charge in [0.2, 0.25) is 5.91 Å². The van der Waals surface area contributed by atoms with Crippen molar-refractivity contribution in [3.63, 3.8) is 0 Å². The van der Waals surface area contributed by atoms with E-state index in [4.69, 9.17) is 10.5 Å². The normalized spacial score (nSPS) is 18.4. The molecule has 2 N–H and O–H groups in total. The molecule has 0 saturated carbocycles. The first-order valence-corrected chi connectivity index (χ1v) is 11.7. The summed E-state index contributed by atoms with van der Waals surface area (Å²) in [6.45, 7) is 4.95. The fraction of sp³-hybridized carbons (Fsp3) is 0.760. The molecule has 4 heteroatoms. The Kier molecular flexibility index (Phi) is 14.2. The third-order valence-electron chi connectivity index (χ3n) is 5.46. The summed E-state index contributed by atoms with van der Waals surface area (Å²) in [5.41, 5.74) is 6.04. The van der Waals surface area contributed by atoms with Crippen molar-refractivity contribution in [3.05, 3.63) is 11.6 Å². The molecule has 0 heterocycles. The van der Waals surface area contributed by atoms with Gasteiger partial charge in [-0.15, -0.1) is 0 Å². The molecule has 164 valence electrons. The van der Waals surface area contributed by atoms with Crippen LogP contribution in [0.4, 0.5) is 0 Å². The molecule has 0 saturated heterocycles. The van der Waals surface area contributed by atoms with Crippen molar-refractivity contribution in [1.29, 1.82) is 0 Å². The molecule has 0 aromatic carbocycles. The number of hydrogen-bond donors (Lipinski definition) is 1. The zero-order valence-electron chi connectivity index (χ0n) is 18.6. The van der Waals surface area contributed by atoms with Crippen molar-refractivity contribution in [2.24, 2.45) is 11.7 Å². The molecule has 0 bridgehead atoms. The largest absolute Gasteiger partial charge is 0.372 e. The van der Waals surface area contributed by atoms with E-state index in [9.17, 15) is 9.59 Å². The van der Waals surface area contributed by atoms with E-state index >= 15 is 0 Å². The van der Waals surface area contributed by atoms with Crippen molar-refractivity contribution in [2.45, 2.75) is 110 Å². The predicted molar refractivity (Wildman–Crippen MR) is 119 cm³/mol. The molecule has 1 rings (SSSR count). The van der Waals surface area contributed by atoms with Gasteiger partial charge in [-0.05, 0) is 31.8 Å². The summed E-state index contributed by atoms with van der Waals surface area (Å²) in [7, 11) is 0. The number of primary amides is 1. The van der Waals surface area contributed by atoms with Crippen LogP contribution in [0.5, 0.6) is 0 Å². The highest BCUT2D eigenvalue weighted by molar-refractivity contribution is 5.97. The van der Waals surface area contributed by atoms with Crippen LogP contribution in [-0.4, -0.2) is 24.4 Å². The van der Waals surface area contributed by atoms with Crippen molar-refractivity contribution in [3.8, 4) is 11.8 Å². The summed E-state index contributed by atoms with van der Waals surface area (Å²) in [6, 6.07) is 0. The highest BCUT2D eigenvalue weighted by Gasteiger charge is 2.35. The number of ketones is 1. The van der Waals surface area contributed by atoms with Gasteiger partial charge < -0.3 is 10.5 Å². The Morgan fingerprint density at radius 3 is 2.38 bits per heavy atom. The van der Waals surface area contributed by atoms with Crippen LogP contribution < -0.4 is 5.73 Å². The maximum atomic E-state index is 12.6. The molecule has 0 unspecified atom stereocenters. The van der Waals surface area contributed by atoms with E-state index in [1.807, 2.05) is 0 Å². The second-order valence-electron chi connectivity index (χ2n) is 8.14. The Balaban J connectivity index is 2.58. The number of unbranched alkanes of at least 4 members (excludes halogenated alkanes) is 9. The monoisotopic (exact) mass is 403 g/mol. The second-order valence-corrected chi connectivity index (χ2v) is 8.14. The lowest BCUT2D eigenvalue weighted by atomic mass is 9.93. The van der Waals surface area contributed by atoms with E-state index in [0.29, 0.717) is 13.0 Å². The van der Waals surface area contributed by atoms with Crippen LogP contribution in [0, 0.1) is 17.8 Å². The minimum Gasteiger partial charge on any atom is -0.372 e. The summed E-state index contributed by atoms with van der Waals surface area (Å²) in [4.78, 5) is 23.5. The average Bonchev–Trinajstić information content (AvgIpc) is 2.98. The fourth-order valence-corrected chi connectivity index (χ4v) is 3.70. The van der Waals surface area contributed by atoms with Crippen molar-refractivity contribution in [2.75, 3.05) is 6.61 Å². The smallest absolute Gasteiger partial charge is 0.217 e. The summed E-state index contributed by atoms with van der Waals surface area (Å²) in [5.74, 6) is 6.26. The molecule has 1 amide bonds. The van der Waals surface area contributed by atoms with Gasteiger partial charge in [0, 0.05) is 25.0 Å². The van der Waals surface area contributed by atoms with Crippen molar-refractivity contribution in [1.82, 2.24) is 0 Å². The number of nitrogens with two attached hydrogens (primary N) is 1. The van der Waals surface area contributed by atoms with Crippen LogP contribution in [-0.2, 0) is 14.3 Å². The Labute approximate surface area is 178 Å². The Hall–Kier alpha value is -1.60. The molecule has 0 aromatic heterocycles. The van der Waals surface area contributed by atoms with Crippen LogP contribution in [0.3, 0.4) is 0 Å². The maximum Gasteiger partial charge on any atom is 0.217 e. The number of carbonyl (C=O) groups is 2. The van der Waals surface area contributed by atoms with Gasteiger partial charge in [-0.2, -0.15) is 0 Å². The predicted octanol–water partition coefficient (Wildman–Crippen LogP) is 5.49. The van der Waals surface area contributed by atoms with Gasteiger partial charge in [-0.3, -0.25) is 9.59 Å². The Bertz CT molecular complexity index is 570. The summed E-state index contributed by atoms with van der Waals surface area (Å²) >= 11 is 0. The Morgan fingerprint density at radius 1 is 1.00 bits per heavy atom. The average molecular weight is 404 g/mol. The van der Waals surface area contributed by atoms with Crippen molar-refractivity contribution < 1.29 is 14.3 Å². The zero-order valence-corrected chi connectivity index (χ0v) is 18.6. The SMILES string of the molecule is CCCCCCC#CC1=CC(=O)[C@H](CCCCCCC)[C@H]1OCCCCC(N)=O.